The lowest BCUT2D eigenvalue weighted by atomic mass is 10.1. The first-order valence-corrected chi connectivity index (χ1v) is 13.5. The number of ether oxygens (including phenoxy) is 2. The fraction of sp³-hybridized carbons (Fsp3) is 0.355. The van der Waals surface area contributed by atoms with Gasteiger partial charge < -0.3 is 14.0 Å². The number of likely N-dealkylation sites (tertiary alicyclic amines) is 1. The summed E-state index contributed by atoms with van der Waals surface area (Å²) in [6.07, 6.45) is 5.20. The third kappa shape index (κ3) is 5.98. The average Bonchev–Trinajstić information content (AvgIpc) is 3.35. The van der Waals surface area contributed by atoms with Gasteiger partial charge >= 0.3 is 12.1 Å². The summed E-state index contributed by atoms with van der Waals surface area (Å²) in [5, 5.41) is 0. The Morgan fingerprint density at radius 3 is 2.52 bits per heavy atom. The zero-order valence-electron chi connectivity index (χ0n) is 23.5. The molecule has 1 atom stereocenters. The Bertz CT molecular complexity index is 1510. The van der Waals surface area contributed by atoms with Crippen molar-refractivity contribution in [1.29, 1.82) is 0 Å². The summed E-state index contributed by atoms with van der Waals surface area (Å²) in [6.45, 7) is 10.1. The average molecular weight is 544 g/mol. The maximum absolute atomic E-state index is 13.8. The molecule has 208 valence electrons. The quantitative estimate of drug-likeness (QED) is 0.260. The summed E-state index contributed by atoms with van der Waals surface area (Å²) in [5.74, 6) is 0.331. The lowest BCUT2D eigenvalue weighted by Gasteiger charge is -2.38. The molecular formula is C31H34FN5O3. The van der Waals surface area contributed by atoms with Gasteiger partial charge in [-0.15, -0.1) is 0 Å². The van der Waals surface area contributed by atoms with E-state index in [-0.39, 0.29) is 24.1 Å². The molecule has 1 aliphatic heterocycles. The second kappa shape index (κ2) is 11.1. The van der Waals surface area contributed by atoms with Gasteiger partial charge in [-0.25, -0.2) is 19.2 Å². The number of benzene rings is 2. The highest BCUT2D eigenvalue weighted by Crippen LogP contribution is 2.37. The number of nitrogens with zero attached hydrogens (tertiary/aromatic N) is 5. The number of aryl methyl sites for hydroxylation is 2. The molecule has 1 fully saturated rings. The van der Waals surface area contributed by atoms with Crippen LogP contribution in [0.1, 0.15) is 57.3 Å². The summed E-state index contributed by atoms with van der Waals surface area (Å²) in [6, 6.07) is 14.1. The number of hydrogen-bond donors (Lipinski definition) is 0. The van der Waals surface area contributed by atoms with E-state index >= 15 is 0 Å². The Labute approximate surface area is 233 Å². The number of aromatic nitrogens is 4. The van der Waals surface area contributed by atoms with Crippen molar-refractivity contribution in [3.63, 3.8) is 0 Å². The van der Waals surface area contributed by atoms with Crippen molar-refractivity contribution in [2.45, 2.75) is 65.6 Å². The van der Waals surface area contributed by atoms with Crippen LogP contribution in [0.4, 0.5) is 9.18 Å². The Morgan fingerprint density at radius 2 is 1.80 bits per heavy atom. The zero-order valence-corrected chi connectivity index (χ0v) is 23.5. The van der Waals surface area contributed by atoms with Gasteiger partial charge in [-0.3, -0.25) is 4.90 Å². The lowest BCUT2D eigenvalue weighted by molar-refractivity contribution is -0.000908. The summed E-state index contributed by atoms with van der Waals surface area (Å²) in [4.78, 5) is 28.9. The van der Waals surface area contributed by atoms with Crippen LogP contribution in [0.15, 0.2) is 61.1 Å². The van der Waals surface area contributed by atoms with Crippen molar-refractivity contribution in [2.75, 3.05) is 6.54 Å². The summed E-state index contributed by atoms with van der Waals surface area (Å²) in [7, 11) is 0. The van der Waals surface area contributed by atoms with Crippen molar-refractivity contribution in [1.82, 2.24) is 24.4 Å². The minimum absolute atomic E-state index is 0.190. The molecule has 8 nitrogen and oxygen atoms in total. The van der Waals surface area contributed by atoms with Gasteiger partial charge in [0.05, 0.1) is 23.4 Å². The highest BCUT2D eigenvalue weighted by atomic mass is 19.1. The molecule has 0 saturated carbocycles. The predicted molar refractivity (Wildman–Crippen MR) is 150 cm³/mol. The minimum atomic E-state index is -0.622. The molecule has 0 aliphatic carbocycles. The molecule has 3 heterocycles. The van der Waals surface area contributed by atoms with E-state index in [0.29, 0.717) is 29.4 Å². The van der Waals surface area contributed by atoms with Crippen LogP contribution in [0, 0.1) is 19.7 Å². The van der Waals surface area contributed by atoms with Crippen LogP contribution < -0.4 is 4.74 Å². The fourth-order valence-corrected chi connectivity index (χ4v) is 4.93. The maximum atomic E-state index is 13.8. The molecule has 2 aromatic carbocycles. The van der Waals surface area contributed by atoms with Crippen LogP contribution in [0.25, 0.3) is 22.6 Å². The SMILES string of the molecule is Cc1ccc(Oc2nccc(-c3c(-c4ccc(F)cc4)ncn3C3CCCCN3C(=O)OC(C)(C)C)n2)c(C)c1. The molecule has 5 rings (SSSR count). The van der Waals surface area contributed by atoms with Crippen LogP contribution in [0.2, 0.25) is 0 Å². The standard InChI is InChI=1S/C31H34FN5O3/c1-20-9-14-25(21(2)18-20)39-29-33-16-15-24(35-29)28-27(22-10-12-23(32)13-11-22)34-19-37(28)26-8-6-7-17-36(26)30(38)40-31(3,4)5/h9-16,18-19,26H,6-8,17H2,1-5H3. The predicted octanol–water partition coefficient (Wildman–Crippen LogP) is 7.47. The Balaban J connectivity index is 1.59. The van der Waals surface area contributed by atoms with Crippen LogP contribution in [-0.4, -0.2) is 42.7 Å². The number of rotatable bonds is 5. The Morgan fingerprint density at radius 1 is 1.02 bits per heavy atom. The van der Waals surface area contributed by atoms with E-state index in [1.54, 1.807) is 35.6 Å². The Kier molecular flexibility index (Phi) is 7.56. The monoisotopic (exact) mass is 543 g/mol. The van der Waals surface area contributed by atoms with Crippen molar-refractivity contribution >= 4 is 6.09 Å². The molecule has 2 aromatic heterocycles. The lowest BCUT2D eigenvalue weighted by Crippen LogP contribution is -2.44. The van der Waals surface area contributed by atoms with E-state index in [1.807, 2.05) is 57.4 Å². The minimum Gasteiger partial charge on any atom is -0.444 e. The number of amides is 1. The van der Waals surface area contributed by atoms with Crippen molar-refractivity contribution in [3.05, 3.63) is 78.0 Å². The normalized spacial score (nSPS) is 15.7. The van der Waals surface area contributed by atoms with Gasteiger partial charge in [-0.05, 0) is 95.8 Å². The molecule has 9 heteroatoms. The van der Waals surface area contributed by atoms with Gasteiger partial charge in [-0.1, -0.05) is 17.7 Å². The number of hydrogen-bond acceptors (Lipinski definition) is 6. The first-order valence-electron chi connectivity index (χ1n) is 13.5. The van der Waals surface area contributed by atoms with Gasteiger partial charge in [0.2, 0.25) is 0 Å². The number of carbonyl (C=O) groups is 1. The molecule has 1 saturated heterocycles. The largest absolute Gasteiger partial charge is 0.444 e. The van der Waals surface area contributed by atoms with Gasteiger partial charge in [0, 0.05) is 18.3 Å². The number of piperidine rings is 1. The van der Waals surface area contributed by atoms with Crippen LogP contribution >= 0.6 is 0 Å². The van der Waals surface area contributed by atoms with Crippen LogP contribution in [0.3, 0.4) is 0 Å². The maximum Gasteiger partial charge on any atom is 0.411 e. The van der Waals surface area contributed by atoms with Gasteiger partial charge in [0.15, 0.2) is 0 Å². The van der Waals surface area contributed by atoms with Crippen molar-refractivity contribution < 1.29 is 18.7 Å². The number of carbonyl (C=O) groups excluding carboxylic acids is 1. The van der Waals surface area contributed by atoms with Gasteiger partial charge in [-0.2, -0.15) is 4.98 Å². The van der Waals surface area contributed by atoms with E-state index in [2.05, 4.69) is 4.98 Å². The van der Waals surface area contributed by atoms with E-state index in [9.17, 15) is 9.18 Å². The van der Waals surface area contributed by atoms with E-state index < -0.39 is 5.60 Å². The molecule has 1 unspecified atom stereocenters. The van der Waals surface area contributed by atoms with Gasteiger partial charge in [0.1, 0.15) is 23.3 Å². The number of halogens is 1. The second-order valence-corrected chi connectivity index (χ2v) is 11.1. The summed E-state index contributed by atoms with van der Waals surface area (Å²) < 4.78 is 27.6. The Hall–Kier alpha value is -4.27. The summed E-state index contributed by atoms with van der Waals surface area (Å²) in [5.41, 5.74) is 4.08. The van der Waals surface area contributed by atoms with E-state index in [1.165, 1.54) is 12.1 Å². The molecule has 0 spiro atoms. The third-order valence-corrected chi connectivity index (χ3v) is 6.74. The number of imidazole rings is 1. The first kappa shape index (κ1) is 27.3. The molecular weight excluding hydrogens is 509 g/mol. The molecule has 0 radical (unpaired) electrons. The van der Waals surface area contributed by atoms with E-state index in [0.717, 1.165) is 36.0 Å². The third-order valence-electron chi connectivity index (χ3n) is 6.74. The van der Waals surface area contributed by atoms with Crippen LogP contribution in [0.5, 0.6) is 11.8 Å². The first-order chi connectivity index (χ1) is 19.1. The fourth-order valence-electron chi connectivity index (χ4n) is 4.93. The highest BCUT2D eigenvalue weighted by molar-refractivity contribution is 5.77. The topological polar surface area (TPSA) is 82.4 Å². The smallest absolute Gasteiger partial charge is 0.411 e. The molecule has 0 bridgehead atoms. The molecule has 40 heavy (non-hydrogen) atoms. The highest BCUT2D eigenvalue weighted by Gasteiger charge is 2.34. The summed E-state index contributed by atoms with van der Waals surface area (Å²) >= 11 is 0. The second-order valence-electron chi connectivity index (χ2n) is 11.1. The molecule has 0 N–H and O–H groups in total. The van der Waals surface area contributed by atoms with E-state index in [4.69, 9.17) is 19.4 Å². The van der Waals surface area contributed by atoms with Crippen molar-refractivity contribution in [2.24, 2.45) is 0 Å². The molecule has 1 amide bonds. The molecule has 1 aliphatic rings. The zero-order chi connectivity index (χ0) is 28.4. The molecule has 4 aromatic rings. The van der Waals surface area contributed by atoms with Gasteiger partial charge in [0.25, 0.3) is 0 Å². The van der Waals surface area contributed by atoms with Crippen molar-refractivity contribution in [3.8, 4) is 34.4 Å². The van der Waals surface area contributed by atoms with Crippen LogP contribution in [-0.2, 0) is 4.74 Å².